The molecule has 30 heavy (non-hydrogen) atoms. The number of nitrogens with zero attached hydrogens (tertiary/aromatic N) is 2. The Morgan fingerprint density at radius 1 is 1.23 bits per heavy atom. The van der Waals surface area contributed by atoms with Gasteiger partial charge in [0.25, 0.3) is 0 Å². The summed E-state index contributed by atoms with van der Waals surface area (Å²) in [7, 11) is 2.99. The van der Waals surface area contributed by atoms with Gasteiger partial charge < -0.3 is 67.2 Å². The number of carbonyl (C=O) groups is 1. The minimum Gasteiger partial charge on any atom is -0.540 e. The van der Waals surface area contributed by atoms with Gasteiger partial charge in [0.2, 0.25) is 5.69 Å². The first-order chi connectivity index (χ1) is 12.5. The standard InChI is InChI=1S/C10H14N3O2S.C8H5O2.2CH3.2K/c1-4-5-16-7-11-8-6-12(2)10(15)13(3)9(8)14;9-5-7-3-1-2-4-8(7)6-10;;;;/h7,11H,1,4-5H2,2-3H3;1-5H;2*1H3;;/q-3;3*-1;2*+1. The number of aromatic nitrogens is 2. The second-order valence-electron chi connectivity index (χ2n) is 4.99. The zero-order chi connectivity index (χ0) is 19.5. The normalized spacial score (nSPS) is 8.50. The van der Waals surface area contributed by atoms with Gasteiger partial charge in [-0.2, -0.15) is 18.4 Å². The number of anilines is 1. The number of carbonyl (C=O) groups excluding carboxylic acids is 2. The molecule has 1 N–H and O–H groups in total. The van der Waals surface area contributed by atoms with Gasteiger partial charge in [0.1, 0.15) is 0 Å². The summed E-state index contributed by atoms with van der Waals surface area (Å²) in [5, 5.41) is 2.82. The Balaban J connectivity index is -0.000000214. The van der Waals surface area contributed by atoms with Crippen LogP contribution in [0.2, 0.25) is 0 Å². The Kier molecular flexibility index (Phi) is 27.2. The summed E-state index contributed by atoms with van der Waals surface area (Å²) in [6.07, 6.45) is 5.78. The van der Waals surface area contributed by atoms with E-state index in [1.165, 1.54) is 23.4 Å². The van der Waals surface area contributed by atoms with Gasteiger partial charge in [-0.25, -0.2) is 0 Å². The predicted octanol–water partition coefficient (Wildman–Crippen LogP) is -3.76. The smallest absolute Gasteiger partial charge is 0.540 e. The molecule has 0 aliphatic rings. The number of hydrogen-bond acceptors (Lipinski definition) is 6. The fraction of sp³-hybridized carbons (Fsp3) is 0.200. The van der Waals surface area contributed by atoms with Crippen LogP contribution in [0.5, 0.6) is 0 Å². The molecule has 0 fully saturated rings. The minimum atomic E-state index is -0.388. The van der Waals surface area contributed by atoms with Crippen LogP contribution in [0.4, 0.5) is 5.69 Å². The van der Waals surface area contributed by atoms with Crippen LogP contribution in [0, 0.1) is 33.9 Å². The topological polar surface area (TPSA) is 90.2 Å². The average molecular weight is 482 g/mol. The molecular formula is C20H25K2N3O4S-4. The number of nitrogens with one attached hydrogen (secondary N) is 1. The molecule has 0 spiro atoms. The zero-order valence-corrected chi connectivity index (χ0v) is 25.6. The van der Waals surface area contributed by atoms with Crippen LogP contribution in [0.15, 0.2) is 33.9 Å². The van der Waals surface area contributed by atoms with Gasteiger partial charge in [-0.3, -0.25) is 0 Å². The van der Waals surface area contributed by atoms with E-state index in [1.807, 2.05) is 0 Å². The number of rotatable bonds is 7. The van der Waals surface area contributed by atoms with Crippen molar-refractivity contribution in [2.24, 2.45) is 14.1 Å². The molecule has 1 aromatic heterocycles. The second-order valence-corrected chi connectivity index (χ2v) is 5.96. The van der Waals surface area contributed by atoms with E-state index in [4.69, 9.17) is 0 Å². The second kappa shape index (κ2) is 21.5. The Hall–Kier alpha value is 0.663. The molecular weight excluding hydrogens is 457 g/mol. The van der Waals surface area contributed by atoms with Crippen molar-refractivity contribution in [3.63, 3.8) is 0 Å². The Labute approximate surface area is 268 Å². The van der Waals surface area contributed by atoms with Crippen molar-refractivity contribution in [3.8, 4) is 0 Å². The van der Waals surface area contributed by atoms with Crippen molar-refractivity contribution in [3.05, 3.63) is 90.1 Å². The van der Waals surface area contributed by atoms with Crippen molar-refractivity contribution in [1.29, 1.82) is 0 Å². The van der Waals surface area contributed by atoms with Crippen LogP contribution in [-0.2, 0) is 18.9 Å². The molecule has 0 aliphatic carbocycles. The summed E-state index contributed by atoms with van der Waals surface area (Å²) in [4.78, 5) is 43.3. The molecule has 0 amide bonds. The SMILES string of the molecule is O=[C-]c1ccccc1C=O.[CH2-]CCS[CH-]Nc1[c-]n(C)c(=O)n(C)c1=O.[CH3-].[CH3-].[K+].[K+]. The molecule has 7 nitrogen and oxygen atoms in total. The number of thioether (sulfide) groups is 1. The molecule has 0 radical (unpaired) electrons. The first-order valence-electron chi connectivity index (χ1n) is 7.57. The average Bonchev–Trinajstić information content (AvgIpc) is 2.67. The molecule has 2 aromatic rings. The molecule has 0 aliphatic heterocycles. The third kappa shape index (κ3) is 12.6. The van der Waals surface area contributed by atoms with E-state index < -0.39 is 0 Å². The molecule has 1 heterocycles. The van der Waals surface area contributed by atoms with Gasteiger partial charge >= 0.3 is 103 Å². The number of hydrogen-bond donors (Lipinski definition) is 1. The van der Waals surface area contributed by atoms with E-state index in [9.17, 15) is 19.2 Å². The van der Waals surface area contributed by atoms with E-state index in [-0.39, 0.29) is 135 Å². The Morgan fingerprint density at radius 2 is 1.83 bits per heavy atom. The molecule has 0 saturated carbocycles. The van der Waals surface area contributed by atoms with E-state index >= 15 is 0 Å². The van der Waals surface area contributed by atoms with Crippen molar-refractivity contribution in [2.45, 2.75) is 6.42 Å². The predicted molar refractivity (Wildman–Crippen MR) is 116 cm³/mol. The summed E-state index contributed by atoms with van der Waals surface area (Å²) in [6, 6.07) is 6.52. The monoisotopic (exact) mass is 481 g/mol. The quantitative estimate of drug-likeness (QED) is 0.189. The van der Waals surface area contributed by atoms with Gasteiger partial charge in [0.15, 0.2) is 5.56 Å². The Bertz CT molecular complexity index is 843. The molecule has 0 unspecified atom stereocenters. The molecule has 156 valence electrons. The van der Waals surface area contributed by atoms with Crippen LogP contribution in [0.25, 0.3) is 0 Å². The largest absolute Gasteiger partial charge is 1.00 e. The molecule has 10 heteroatoms. The minimum absolute atomic E-state index is 0. The van der Waals surface area contributed by atoms with Crippen LogP contribution < -0.4 is 119 Å². The number of benzene rings is 1. The van der Waals surface area contributed by atoms with E-state index in [0.29, 0.717) is 17.4 Å². The van der Waals surface area contributed by atoms with E-state index in [1.54, 1.807) is 43.5 Å². The van der Waals surface area contributed by atoms with E-state index in [2.05, 4.69) is 18.4 Å². The fourth-order valence-corrected chi connectivity index (χ4v) is 2.26. The zero-order valence-electron chi connectivity index (χ0n) is 18.5. The van der Waals surface area contributed by atoms with Gasteiger partial charge in [0.05, 0.1) is 12.6 Å². The van der Waals surface area contributed by atoms with Crippen LogP contribution in [0.1, 0.15) is 22.3 Å². The van der Waals surface area contributed by atoms with E-state index in [0.717, 1.165) is 16.7 Å². The summed E-state index contributed by atoms with van der Waals surface area (Å²) < 4.78 is 2.28. The third-order valence-corrected chi connectivity index (χ3v) is 3.93. The third-order valence-electron chi connectivity index (χ3n) is 3.12. The van der Waals surface area contributed by atoms with Crippen molar-refractivity contribution in [2.75, 3.05) is 11.1 Å². The van der Waals surface area contributed by atoms with Gasteiger partial charge in [0, 0.05) is 0 Å². The summed E-state index contributed by atoms with van der Waals surface area (Å²) in [5.74, 6) is 2.57. The fourth-order valence-electron chi connectivity index (χ4n) is 1.77. The van der Waals surface area contributed by atoms with Gasteiger partial charge in [-0.1, -0.05) is 23.6 Å². The van der Waals surface area contributed by atoms with Crippen molar-refractivity contribution in [1.82, 2.24) is 9.13 Å². The maximum Gasteiger partial charge on any atom is 1.00 e. The van der Waals surface area contributed by atoms with Crippen molar-refractivity contribution >= 4 is 30.0 Å². The Morgan fingerprint density at radius 3 is 2.33 bits per heavy atom. The number of aryl methyl sites for hydroxylation is 1. The molecule has 0 saturated heterocycles. The molecule has 2 rings (SSSR count). The molecule has 0 bridgehead atoms. The van der Waals surface area contributed by atoms with Gasteiger partial charge in [-0.05, 0) is 19.8 Å². The van der Waals surface area contributed by atoms with Crippen molar-refractivity contribution < 1.29 is 112 Å². The first-order valence-corrected chi connectivity index (χ1v) is 8.61. The summed E-state index contributed by atoms with van der Waals surface area (Å²) in [5.41, 5.74) is 0.201. The van der Waals surface area contributed by atoms with Gasteiger partial charge in [-0.15, -0.1) is 17.7 Å². The maximum absolute atomic E-state index is 11.6. The summed E-state index contributed by atoms with van der Waals surface area (Å²) in [6.45, 7) is 3.70. The van der Waals surface area contributed by atoms with Crippen LogP contribution in [-0.4, -0.2) is 27.5 Å². The molecule has 1 aromatic carbocycles. The molecule has 0 atom stereocenters. The summed E-state index contributed by atoms with van der Waals surface area (Å²) >= 11 is 1.52. The number of aldehydes is 1. The first kappa shape index (κ1) is 38.0. The van der Waals surface area contributed by atoms with Crippen LogP contribution >= 0.6 is 11.8 Å². The maximum atomic E-state index is 11.6. The van der Waals surface area contributed by atoms with Crippen LogP contribution in [0.3, 0.4) is 0 Å².